The number of amides is 2. The summed E-state index contributed by atoms with van der Waals surface area (Å²) in [6, 6.07) is 9.29. The first-order valence-corrected chi connectivity index (χ1v) is 9.71. The molecule has 2 bridgehead atoms. The van der Waals surface area contributed by atoms with Gasteiger partial charge in [-0.2, -0.15) is 0 Å². The summed E-state index contributed by atoms with van der Waals surface area (Å²) in [4.78, 5) is 16.5. The predicted molar refractivity (Wildman–Crippen MR) is 101 cm³/mol. The van der Waals surface area contributed by atoms with Gasteiger partial charge in [0.1, 0.15) is 6.10 Å². The van der Waals surface area contributed by atoms with Gasteiger partial charge in [-0.05, 0) is 19.1 Å². The molecule has 27 heavy (non-hydrogen) atoms. The number of para-hydroxylation sites is 1. The Bertz CT molecular complexity index is 638. The summed E-state index contributed by atoms with van der Waals surface area (Å²) in [5.74, 6) is 0. The Hall–Kier alpha value is -1.87. The van der Waals surface area contributed by atoms with E-state index < -0.39 is 18.4 Å². The second-order valence-corrected chi connectivity index (χ2v) is 7.25. The van der Waals surface area contributed by atoms with E-state index in [2.05, 4.69) is 32.6 Å². The largest absolute Gasteiger partial charge is 0.389 e. The molecule has 0 aromatic heterocycles. The van der Waals surface area contributed by atoms with Gasteiger partial charge in [-0.3, -0.25) is 4.90 Å². The SMILES string of the molecule is CCNC(=O)NC1C2COC(O2)C(N2CCN(c3ccccc3)CC2)C1O. The number of rotatable bonds is 4. The molecule has 3 N–H and O–H groups in total. The fraction of sp³-hybridized carbons (Fsp3) is 0.632. The number of aliphatic hydroxyl groups excluding tert-OH is 1. The Morgan fingerprint density at radius 3 is 2.67 bits per heavy atom. The zero-order chi connectivity index (χ0) is 18.8. The number of benzene rings is 1. The van der Waals surface area contributed by atoms with Crippen LogP contribution in [0.1, 0.15) is 6.92 Å². The maximum atomic E-state index is 12.0. The van der Waals surface area contributed by atoms with E-state index >= 15 is 0 Å². The number of nitrogens with zero attached hydrogens (tertiary/aromatic N) is 2. The van der Waals surface area contributed by atoms with Crippen molar-refractivity contribution >= 4 is 11.7 Å². The molecule has 0 spiro atoms. The number of hydrogen-bond acceptors (Lipinski definition) is 6. The van der Waals surface area contributed by atoms with Crippen molar-refractivity contribution in [2.24, 2.45) is 0 Å². The van der Waals surface area contributed by atoms with Crippen molar-refractivity contribution in [3.05, 3.63) is 30.3 Å². The molecule has 5 atom stereocenters. The lowest BCUT2D eigenvalue weighted by atomic mass is 9.94. The molecule has 1 aromatic rings. The van der Waals surface area contributed by atoms with Crippen LogP contribution in [0.25, 0.3) is 0 Å². The standard InChI is InChI=1S/C19H28N4O4/c1-2-20-19(25)21-15-14-12-26-18(27-14)16(17(15)24)23-10-8-22(9-11-23)13-6-4-3-5-7-13/h3-7,14-18,24H,2,8-12H2,1H3,(H2,20,21,25). The minimum Gasteiger partial charge on any atom is -0.389 e. The van der Waals surface area contributed by atoms with E-state index in [9.17, 15) is 9.90 Å². The molecule has 0 aliphatic carbocycles. The second kappa shape index (κ2) is 8.02. The summed E-state index contributed by atoms with van der Waals surface area (Å²) < 4.78 is 11.7. The average molecular weight is 376 g/mol. The van der Waals surface area contributed by atoms with Crippen LogP contribution in [0.2, 0.25) is 0 Å². The summed E-state index contributed by atoms with van der Waals surface area (Å²) in [5.41, 5.74) is 1.21. The molecular formula is C19H28N4O4. The van der Waals surface area contributed by atoms with Crippen molar-refractivity contribution in [1.29, 1.82) is 0 Å². The van der Waals surface area contributed by atoms with Crippen LogP contribution in [0.5, 0.6) is 0 Å². The van der Waals surface area contributed by atoms with Gasteiger partial charge in [0.15, 0.2) is 6.29 Å². The zero-order valence-corrected chi connectivity index (χ0v) is 15.6. The molecule has 148 valence electrons. The number of carbonyl (C=O) groups excluding carboxylic acids is 1. The van der Waals surface area contributed by atoms with Crippen molar-refractivity contribution in [1.82, 2.24) is 15.5 Å². The van der Waals surface area contributed by atoms with Gasteiger partial charge in [0.2, 0.25) is 0 Å². The smallest absolute Gasteiger partial charge is 0.315 e. The number of ether oxygens (including phenoxy) is 2. The van der Waals surface area contributed by atoms with E-state index in [4.69, 9.17) is 9.47 Å². The fourth-order valence-corrected chi connectivity index (χ4v) is 4.25. The van der Waals surface area contributed by atoms with Gasteiger partial charge in [0.05, 0.1) is 24.8 Å². The first-order chi connectivity index (χ1) is 13.2. The van der Waals surface area contributed by atoms with Crippen LogP contribution >= 0.6 is 0 Å². The van der Waals surface area contributed by atoms with Gasteiger partial charge in [0, 0.05) is 38.4 Å². The molecular weight excluding hydrogens is 348 g/mol. The molecule has 3 aliphatic heterocycles. The molecule has 3 saturated heterocycles. The van der Waals surface area contributed by atoms with E-state index in [1.54, 1.807) is 0 Å². The summed E-state index contributed by atoms with van der Waals surface area (Å²) in [7, 11) is 0. The third kappa shape index (κ3) is 3.75. The number of nitrogens with one attached hydrogen (secondary N) is 2. The third-order valence-electron chi connectivity index (χ3n) is 5.62. The lowest BCUT2D eigenvalue weighted by molar-refractivity contribution is -0.181. The molecule has 8 heteroatoms. The Morgan fingerprint density at radius 1 is 1.22 bits per heavy atom. The van der Waals surface area contributed by atoms with Crippen LogP contribution in [0.4, 0.5) is 10.5 Å². The number of piperazine rings is 1. The van der Waals surface area contributed by atoms with Gasteiger partial charge >= 0.3 is 6.03 Å². The van der Waals surface area contributed by atoms with Gasteiger partial charge in [-0.15, -0.1) is 0 Å². The molecule has 4 rings (SSSR count). The van der Waals surface area contributed by atoms with Crippen molar-refractivity contribution in [2.75, 3.05) is 44.2 Å². The maximum absolute atomic E-state index is 12.0. The fourth-order valence-electron chi connectivity index (χ4n) is 4.25. The molecule has 2 amide bonds. The topological polar surface area (TPSA) is 86.3 Å². The highest BCUT2D eigenvalue weighted by molar-refractivity contribution is 5.74. The van der Waals surface area contributed by atoms with Crippen LogP contribution in [0, 0.1) is 0 Å². The Balaban J connectivity index is 1.41. The van der Waals surface area contributed by atoms with Crippen molar-refractivity contribution in [3.8, 4) is 0 Å². The van der Waals surface area contributed by atoms with E-state index in [1.165, 1.54) is 5.69 Å². The highest BCUT2D eigenvalue weighted by Crippen LogP contribution is 2.32. The molecule has 3 heterocycles. The summed E-state index contributed by atoms with van der Waals surface area (Å²) in [6.45, 7) is 6.13. The summed E-state index contributed by atoms with van der Waals surface area (Å²) in [5, 5.41) is 16.6. The zero-order valence-electron chi connectivity index (χ0n) is 15.6. The minimum absolute atomic E-state index is 0.284. The van der Waals surface area contributed by atoms with Gasteiger partial charge in [-0.25, -0.2) is 4.79 Å². The molecule has 3 fully saturated rings. The summed E-state index contributed by atoms with van der Waals surface area (Å²) in [6.07, 6.45) is -1.49. The van der Waals surface area contributed by atoms with Gasteiger partial charge in [-0.1, -0.05) is 18.2 Å². The number of aliphatic hydroxyl groups is 1. The molecule has 1 aromatic carbocycles. The number of anilines is 1. The van der Waals surface area contributed by atoms with Crippen LogP contribution < -0.4 is 15.5 Å². The number of carbonyl (C=O) groups is 1. The Morgan fingerprint density at radius 2 is 1.96 bits per heavy atom. The lowest BCUT2D eigenvalue weighted by Gasteiger charge is -2.46. The highest BCUT2D eigenvalue weighted by atomic mass is 16.7. The number of urea groups is 1. The molecule has 3 aliphatic rings. The Kier molecular flexibility index (Phi) is 5.49. The van der Waals surface area contributed by atoms with E-state index in [0.29, 0.717) is 13.2 Å². The lowest BCUT2D eigenvalue weighted by Crippen LogP contribution is -2.67. The number of fused-ring (bicyclic) bond motifs is 2. The van der Waals surface area contributed by atoms with Gasteiger partial charge in [0.25, 0.3) is 0 Å². The predicted octanol–water partition coefficient (Wildman–Crippen LogP) is -0.0191. The van der Waals surface area contributed by atoms with E-state index in [-0.39, 0.29) is 18.2 Å². The van der Waals surface area contributed by atoms with Crippen molar-refractivity contribution in [2.45, 2.75) is 37.5 Å². The number of hydrogen-bond donors (Lipinski definition) is 3. The minimum atomic E-state index is -0.734. The third-order valence-corrected chi connectivity index (χ3v) is 5.62. The average Bonchev–Trinajstić information content (AvgIpc) is 3.12. The first-order valence-electron chi connectivity index (χ1n) is 9.71. The summed E-state index contributed by atoms with van der Waals surface area (Å²) >= 11 is 0. The first kappa shape index (κ1) is 18.5. The van der Waals surface area contributed by atoms with Gasteiger partial charge < -0.3 is 30.1 Å². The normalized spacial score (nSPS) is 33.7. The van der Waals surface area contributed by atoms with Crippen molar-refractivity contribution < 1.29 is 19.4 Å². The highest BCUT2D eigenvalue weighted by Gasteiger charge is 2.52. The maximum Gasteiger partial charge on any atom is 0.315 e. The molecule has 0 saturated carbocycles. The van der Waals surface area contributed by atoms with Crippen LogP contribution in [0.15, 0.2) is 30.3 Å². The second-order valence-electron chi connectivity index (χ2n) is 7.25. The Labute approximate surface area is 159 Å². The molecule has 8 nitrogen and oxygen atoms in total. The quantitative estimate of drug-likeness (QED) is 0.685. The van der Waals surface area contributed by atoms with Crippen LogP contribution in [0.3, 0.4) is 0 Å². The van der Waals surface area contributed by atoms with Crippen LogP contribution in [-0.4, -0.2) is 85.9 Å². The van der Waals surface area contributed by atoms with Crippen molar-refractivity contribution in [3.63, 3.8) is 0 Å². The monoisotopic (exact) mass is 376 g/mol. The van der Waals surface area contributed by atoms with Crippen LogP contribution in [-0.2, 0) is 9.47 Å². The van der Waals surface area contributed by atoms with E-state index in [0.717, 1.165) is 26.2 Å². The molecule has 5 unspecified atom stereocenters. The molecule has 0 radical (unpaired) electrons. The van der Waals surface area contributed by atoms with E-state index in [1.807, 2.05) is 25.1 Å².